The Labute approximate surface area is 148 Å². The SMILES string of the molecule is COCO[C@H]1C(=O)[C@@]2(/C=C/Oc3ccc(OC)cc3)CC[C@H]1C2(C)C. The van der Waals surface area contributed by atoms with Gasteiger partial charge in [-0.3, -0.25) is 4.79 Å². The standard InChI is InChI=1S/C20H26O5/c1-19(2)16-9-10-20(19,18(21)17(16)25-13-22-3)11-12-24-15-7-5-14(23-4)6-8-15/h5-8,11-12,16-17H,9-10,13H2,1-4H3/b12-11+/t16-,17-,20+/m1/s1. The van der Waals surface area contributed by atoms with E-state index >= 15 is 0 Å². The Morgan fingerprint density at radius 3 is 2.48 bits per heavy atom. The molecule has 0 spiro atoms. The highest BCUT2D eigenvalue weighted by Crippen LogP contribution is 2.65. The summed E-state index contributed by atoms with van der Waals surface area (Å²) in [6.07, 6.45) is 4.98. The van der Waals surface area contributed by atoms with Gasteiger partial charge in [0, 0.05) is 7.11 Å². The largest absolute Gasteiger partial charge is 0.497 e. The highest BCUT2D eigenvalue weighted by atomic mass is 16.7. The van der Waals surface area contributed by atoms with Crippen molar-refractivity contribution in [2.45, 2.75) is 32.8 Å². The molecule has 1 aromatic carbocycles. The van der Waals surface area contributed by atoms with Crippen LogP contribution in [0, 0.1) is 16.7 Å². The number of ether oxygens (including phenoxy) is 4. The van der Waals surface area contributed by atoms with E-state index in [1.54, 1.807) is 20.5 Å². The van der Waals surface area contributed by atoms with Crippen LogP contribution in [-0.2, 0) is 14.3 Å². The average Bonchev–Trinajstić information content (AvgIpc) is 2.95. The predicted molar refractivity (Wildman–Crippen MR) is 93.5 cm³/mol. The summed E-state index contributed by atoms with van der Waals surface area (Å²) in [5, 5.41) is 0. The molecule has 136 valence electrons. The molecule has 0 aliphatic heterocycles. The van der Waals surface area contributed by atoms with Crippen molar-refractivity contribution < 1.29 is 23.7 Å². The molecule has 0 N–H and O–H groups in total. The van der Waals surface area contributed by atoms with Gasteiger partial charge in [-0.1, -0.05) is 13.8 Å². The number of ketones is 1. The number of rotatable bonds is 7. The van der Waals surface area contributed by atoms with Crippen LogP contribution in [0.4, 0.5) is 0 Å². The van der Waals surface area contributed by atoms with Gasteiger partial charge in [-0.15, -0.1) is 0 Å². The zero-order valence-electron chi connectivity index (χ0n) is 15.3. The Morgan fingerprint density at radius 2 is 1.84 bits per heavy atom. The van der Waals surface area contributed by atoms with Crippen LogP contribution >= 0.6 is 0 Å². The molecular weight excluding hydrogens is 320 g/mol. The van der Waals surface area contributed by atoms with E-state index in [-0.39, 0.29) is 23.9 Å². The normalized spacial score (nSPS) is 30.2. The van der Waals surface area contributed by atoms with E-state index in [0.717, 1.165) is 18.6 Å². The van der Waals surface area contributed by atoms with Crippen LogP contribution in [0.5, 0.6) is 11.5 Å². The highest BCUT2D eigenvalue weighted by Gasteiger charge is 2.68. The summed E-state index contributed by atoms with van der Waals surface area (Å²) < 4.78 is 21.5. The number of allylic oxidation sites excluding steroid dienone is 1. The van der Waals surface area contributed by atoms with Gasteiger partial charge >= 0.3 is 0 Å². The Balaban J connectivity index is 1.76. The monoisotopic (exact) mass is 346 g/mol. The molecule has 2 aliphatic carbocycles. The summed E-state index contributed by atoms with van der Waals surface area (Å²) in [6, 6.07) is 7.35. The lowest BCUT2D eigenvalue weighted by molar-refractivity contribution is -0.146. The van der Waals surface area contributed by atoms with E-state index < -0.39 is 11.5 Å². The van der Waals surface area contributed by atoms with Gasteiger partial charge in [-0.05, 0) is 54.5 Å². The number of methoxy groups -OCH3 is 2. The summed E-state index contributed by atoms with van der Waals surface area (Å²) in [5.41, 5.74) is -0.704. The molecule has 3 rings (SSSR count). The van der Waals surface area contributed by atoms with Gasteiger partial charge in [0.05, 0.1) is 18.8 Å². The number of fused-ring (bicyclic) bond motifs is 2. The van der Waals surface area contributed by atoms with E-state index in [1.165, 1.54) is 0 Å². The first-order valence-electron chi connectivity index (χ1n) is 8.59. The fraction of sp³-hybridized carbons (Fsp3) is 0.550. The molecule has 0 amide bonds. The molecule has 2 fully saturated rings. The first kappa shape index (κ1) is 18.0. The Morgan fingerprint density at radius 1 is 1.16 bits per heavy atom. The maximum Gasteiger partial charge on any atom is 0.172 e. The molecule has 5 heteroatoms. The van der Waals surface area contributed by atoms with E-state index in [9.17, 15) is 4.79 Å². The van der Waals surface area contributed by atoms with Gasteiger partial charge in [-0.2, -0.15) is 0 Å². The minimum Gasteiger partial charge on any atom is -0.497 e. The van der Waals surface area contributed by atoms with Crippen molar-refractivity contribution in [3.8, 4) is 11.5 Å². The highest BCUT2D eigenvalue weighted by molar-refractivity contribution is 5.95. The Kier molecular flexibility index (Phi) is 4.89. The van der Waals surface area contributed by atoms with Crippen molar-refractivity contribution in [3.63, 3.8) is 0 Å². The van der Waals surface area contributed by atoms with Crippen LogP contribution in [-0.4, -0.2) is 32.9 Å². The van der Waals surface area contributed by atoms with Crippen molar-refractivity contribution in [1.82, 2.24) is 0 Å². The molecule has 0 radical (unpaired) electrons. The number of carbonyl (C=O) groups is 1. The molecule has 3 atom stereocenters. The lowest BCUT2D eigenvalue weighted by atomic mass is 9.69. The summed E-state index contributed by atoms with van der Waals surface area (Å²) >= 11 is 0. The molecule has 2 bridgehead atoms. The number of Topliss-reactive ketones (excluding diaryl/α,β-unsaturated/α-hetero) is 1. The smallest absolute Gasteiger partial charge is 0.172 e. The van der Waals surface area contributed by atoms with Crippen LogP contribution in [0.15, 0.2) is 36.6 Å². The van der Waals surface area contributed by atoms with Crippen molar-refractivity contribution in [1.29, 1.82) is 0 Å². The maximum absolute atomic E-state index is 13.0. The third kappa shape index (κ3) is 2.85. The van der Waals surface area contributed by atoms with E-state index in [1.807, 2.05) is 30.3 Å². The van der Waals surface area contributed by atoms with Gasteiger partial charge in [0.25, 0.3) is 0 Å². The molecule has 2 saturated carbocycles. The van der Waals surface area contributed by atoms with Crippen molar-refractivity contribution in [2.24, 2.45) is 16.7 Å². The van der Waals surface area contributed by atoms with E-state index in [0.29, 0.717) is 5.75 Å². The Bertz CT molecular complexity index is 649. The molecule has 0 saturated heterocycles. The molecule has 0 heterocycles. The third-order valence-corrected chi connectivity index (χ3v) is 5.97. The zero-order valence-corrected chi connectivity index (χ0v) is 15.3. The van der Waals surface area contributed by atoms with Gasteiger partial charge in [0.15, 0.2) is 5.78 Å². The quantitative estimate of drug-likeness (QED) is 0.558. The van der Waals surface area contributed by atoms with Crippen LogP contribution < -0.4 is 9.47 Å². The number of benzene rings is 1. The predicted octanol–water partition coefficient (Wildman–Crippen LogP) is 3.58. The summed E-state index contributed by atoms with van der Waals surface area (Å²) in [7, 11) is 3.20. The number of hydrogen-bond donors (Lipinski definition) is 0. The minimum absolute atomic E-state index is 0.139. The van der Waals surface area contributed by atoms with Gasteiger partial charge < -0.3 is 18.9 Å². The fourth-order valence-electron chi connectivity index (χ4n) is 4.40. The van der Waals surface area contributed by atoms with Crippen molar-refractivity contribution >= 4 is 5.78 Å². The zero-order chi connectivity index (χ0) is 18.1. The molecule has 5 nitrogen and oxygen atoms in total. The van der Waals surface area contributed by atoms with Gasteiger partial charge in [-0.25, -0.2) is 0 Å². The first-order valence-corrected chi connectivity index (χ1v) is 8.59. The summed E-state index contributed by atoms with van der Waals surface area (Å²) in [4.78, 5) is 13.0. The molecule has 25 heavy (non-hydrogen) atoms. The van der Waals surface area contributed by atoms with E-state index in [2.05, 4.69) is 13.8 Å². The van der Waals surface area contributed by atoms with Gasteiger partial charge in [0.2, 0.25) is 0 Å². The summed E-state index contributed by atoms with van der Waals surface area (Å²) in [5.74, 6) is 1.83. The molecule has 2 aliphatic rings. The molecule has 0 unspecified atom stereocenters. The second-order valence-electron chi connectivity index (χ2n) is 7.29. The minimum atomic E-state index is -0.539. The first-order chi connectivity index (χ1) is 12.0. The maximum atomic E-state index is 13.0. The van der Waals surface area contributed by atoms with Crippen LogP contribution in [0.25, 0.3) is 0 Å². The Hall–Kier alpha value is -1.85. The molecule has 0 aromatic heterocycles. The molecule has 1 aromatic rings. The molecular formula is C20H26O5. The number of hydrogen-bond acceptors (Lipinski definition) is 5. The summed E-state index contributed by atoms with van der Waals surface area (Å²) in [6.45, 7) is 4.44. The van der Waals surface area contributed by atoms with Crippen molar-refractivity contribution in [2.75, 3.05) is 21.0 Å². The third-order valence-electron chi connectivity index (χ3n) is 5.97. The second-order valence-corrected chi connectivity index (χ2v) is 7.29. The lowest BCUT2D eigenvalue weighted by Gasteiger charge is -2.32. The fourth-order valence-corrected chi connectivity index (χ4v) is 4.40. The van der Waals surface area contributed by atoms with Crippen LogP contribution in [0.3, 0.4) is 0 Å². The second kappa shape index (κ2) is 6.81. The number of carbonyl (C=O) groups excluding carboxylic acids is 1. The van der Waals surface area contributed by atoms with Gasteiger partial charge in [0.1, 0.15) is 24.4 Å². The van der Waals surface area contributed by atoms with E-state index in [4.69, 9.17) is 18.9 Å². The topological polar surface area (TPSA) is 54.0 Å². The van der Waals surface area contributed by atoms with Crippen molar-refractivity contribution in [3.05, 3.63) is 36.6 Å². The lowest BCUT2D eigenvalue weighted by Crippen LogP contribution is -2.37. The van der Waals surface area contributed by atoms with Crippen LogP contribution in [0.1, 0.15) is 26.7 Å². The average molecular weight is 346 g/mol. The van der Waals surface area contributed by atoms with Crippen LogP contribution in [0.2, 0.25) is 0 Å².